The van der Waals surface area contributed by atoms with Crippen LogP contribution in [0.5, 0.6) is 5.75 Å². The molecule has 28 heavy (non-hydrogen) atoms. The first kappa shape index (κ1) is 18.4. The normalized spacial score (nSPS) is 18.5. The number of tetrazole rings is 1. The van der Waals surface area contributed by atoms with Crippen LogP contribution in [-0.2, 0) is 4.79 Å². The maximum Gasteiger partial charge on any atom is 0.251 e. The van der Waals surface area contributed by atoms with Crippen LogP contribution >= 0.6 is 0 Å². The lowest BCUT2D eigenvalue weighted by Gasteiger charge is -2.32. The fourth-order valence-electron chi connectivity index (χ4n) is 3.38. The van der Waals surface area contributed by atoms with E-state index in [1.165, 1.54) is 0 Å². The van der Waals surface area contributed by atoms with E-state index in [4.69, 9.17) is 4.74 Å². The summed E-state index contributed by atoms with van der Waals surface area (Å²) >= 11 is 0. The van der Waals surface area contributed by atoms with Gasteiger partial charge in [0.1, 0.15) is 11.9 Å². The zero-order valence-electron chi connectivity index (χ0n) is 15.8. The standard InChI is InChI=1S/C19H24N6O3/c1-12(17-21-23-24-22-17)20-18(26)14-3-2-4-16(11-14)28-15-7-9-25(10-8-15)19(27)13-5-6-13/h2-4,11-13,15H,5-10H2,1H3,(H,20,26)(H,21,22,23,24)/t12-/m0/s1. The minimum absolute atomic E-state index is 0.0554. The lowest BCUT2D eigenvalue weighted by molar-refractivity contribution is -0.134. The number of likely N-dealkylation sites (tertiary alicyclic amines) is 1. The molecule has 1 aromatic carbocycles. The fraction of sp³-hybridized carbons (Fsp3) is 0.526. The molecule has 1 saturated carbocycles. The zero-order valence-corrected chi connectivity index (χ0v) is 15.8. The summed E-state index contributed by atoms with van der Waals surface area (Å²) in [6.45, 7) is 3.27. The molecule has 1 atom stereocenters. The third kappa shape index (κ3) is 4.29. The first-order valence-corrected chi connectivity index (χ1v) is 9.70. The summed E-state index contributed by atoms with van der Waals surface area (Å²) in [4.78, 5) is 26.6. The average molecular weight is 384 g/mol. The van der Waals surface area contributed by atoms with Crippen molar-refractivity contribution in [2.45, 2.75) is 44.8 Å². The van der Waals surface area contributed by atoms with Crippen LogP contribution in [0.2, 0.25) is 0 Å². The van der Waals surface area contributed by atoms with E-state index in [1.807, 2.05) is 11.0 Å². The Hall–Kier alpha value is -2.97. The van der Waals surface area contributed by atoms with E-state index >= 15 is 0 Å². The van der Waals surface area contributed by atoms with Crippen molar-refractivity contribution in [1.82, 2.24) is 30.8 Å². The highest BCUT2D eigenvalue weighted by molar-refractivity contribution is 5.94. The van der Waals surface area contributed by atoms with Crippen LogP contribution in [0.15, 0.2) is 24.3 Å². The molecule has 2 fully saturated rings. The van der Waals surface area contributed by atoms with E-state index < -0.39 is 0 Å². The largest absolute Gasteiger partial charge is 0.490 e. The van der Waals surface area contributed by atoms with Crippen LogP contribution in [0.3, 0.4) is 0 Å². The molecule has 0 spiro atoms. The lowest BCUT2D eigenvalue weighted by Crippen LogP contribution is -2.42. The molecule has 1 aromatic heterocycles. The number of nitrogens with zero attached hydrogens (tertiary/aromatic N) is 4. The van der Waals surface area contributed by atoms with Crippen LogP contribution in [-0.4, -0.2) is 56.5 Å². The predicted octanol–water partition coefficient (Wildman–Crippen LogP) is 1.47. The van der Waals surface area contributed by atoms with E-state index in [9.17, 15) is 9.59 Å². The first-order chi connectivity index (χ1) is 13.6. The molecule has 0 bridgehead atoms. The van der Waals surface area contributed by atoms with Crippen LogP contribution in [0.4, 0.5) is 0 Å². The summed E-state index contributed by atoms with van der Waals surface area (Å²) in [5.74, 6) is 1.42. The summed E-state index contributed by atoms with van der Waals surface area (Å²) in [6, 6.07) is 6.77. The Bertz CT molecular complexity index is 828. The van der Waals surface area contributed by atoms with Gasteiger partial charge in [-0.2, -0.15) is 5.21 Å². The van der Waals surface area contributed by atoms with Gasteiger partial charge in [0.2, 0.25) is 5.91 Å². The predicted molar refractivity (Wildman–Crippen MR) is 99.5 cm³/mol. The zero-order chi connectivity index (χ0) is 19.5. The highest BCUT2D eigenvalue weighted by Crippen LogP contribution is 2.32. The SMILES string of the molecule is C[C@H](NC(=O)c1cccc(OC2CCN(C(=O)C3CC3)CC2)c1)c1nn[nH]n1. The number of carbonyl (C=O) groups is 2. The van der Waals surface area contributed by atoms with Crippen molar-refractivity contribution in [2.24, 2.45) is 5.92 Å². The Morgan fingerprint density at radius 2 is 2.04 bits per heavy atom. The monoisotopic (exact) mass is 384 g/mol. The summed E-state index contributed by atoms with van der Waals surface area (Å²) in [6.07, 6.45) is 3.75. The van der Waals surface area contributed by atoms with Gasteiger partial charge in [-0.25, -0.2) is 0 Å². The van der Waals surface area contributed by atoms with Gasteiger partial charge in [-0.1, -0.05) is 11.3 Å². The molecule has 2 aromatic rings. The number of ether oxygens (including phenoxy) is 1. The number of carbonyl (C=O) groups excluding carboxylic acids is 2. The van der Waals surface area contributed by atoms with Crippen LogP contribution < -0.4 is 10.1 Å². The van der Waals surface area contributed by atoms with Gasteiger partial charge in [-0.05, 0) is 38.0 Å². The minimum Gasteiger partial charge on any atom is -0.490 e. The van der Waals surface area contributed by atoms with Crippen LogP contribution in [0.25, 0.3) is 0 Å². The second-order valence-electron chi connectivity index (χ2n) is 7.41. The molecule has 2 aliphatic rings. The first-order valence-electron chi connectivity index (χ1n) is 9.70. The Morgan fingerprint density at radius 1 is 1.25 bits per heavy atom. The number of rotatable bonds is 6. The maximum atomic E-state index is 12.5. The van der Waals surface area contributed by atoms with Crippen molar-refractivity contribution < 1.29 is 14.3 Å². The Labute approximate surface area is 162 Å². The fourth-order valence-corrected chi connectivity index (χ4v) is 3.38. The minimum atomic E-state index is -0.357. The number of nitrogens with one attached hydrogen (secondary N) is 2. The molecule has 148 valence electrons. The maximum absolute atomic E-state index is 12.5. The van der Waals surface area contributed by atoms with Gasteiger partial charge < -0.3 is 15.0 Å². The van der Waals surface area contributed by atoms with Crippen molar-refractivity contribution in [1.29, 1.82) is 0 Å². The second kappa shape index (κ2) is 7.95. The summed E-state index contributed by atoms with van der Waals surface area (Å²) in [7, 11) is 0. The molecular weight excluding hydrogens is 360 g/mol. The number of aromatic amines is 1. The van der Waals surface area contributed by atoms with Crippen molar-refractivity contribution in [2.75, 3.05) is 13.1 Å². The number of amides is 2. The highest BCUT2D eigenvalue weighted by Gasteiger charge is 2.35. The molecule has 2 heterocycles. The van der Waals surface area contributed by atoms with Gasteiger partial charge in [0.05, 0.1) is 6.04 Å². The van der Waals surface area contributed by atoms with Crippen LogP contribution in [0.1, 0.15) is 54.8 Å². The topological polar surface area (TPSA) is 113 Å². The second-order valence-corrected chi connectivity index (χ2v) is 7.41. The van der Waals surface area contributed by atoms with E-state index in [0.29, 0.717) is 23.0 Å². The van der Waals surface area contributed by atoms with Crippen molar-refractivity contribution in [3.05, 3.63) is 35.7 Å². The van der Waals surface area contributed by atoms with Gasteiger partial charge in [0, 0.05) is 37.4 Å². The van der Waals surface area contributed by atoms with Gasteiger partial charge in [-0.15, -0.1) is 10.2 Å². The van der Waals surface area contributed by atoms with E-state index in [-0.39, 0.29) is 24.0 Å². The average Bonchev–Trinajstić information content (AvgIpc) is 3.41. The molecule has 1 aliphatic carbocycles. The highest BCUT2D eigenvalue weighted by atomic mass is 16.5. The van der Waals surface area contributed by atoms with Gasteiger partial charge in [0.15, 0.2) is 5.82 Å². The van der Waals surface area contributed by atoms with Crippen LogP contribution in [0, 0.1) is 5.92 Å². The van der Waals surface area contributed by atoms with E-state index in [2.05, 4.69) is 25.9 Å². The molecule has 9 nitrogen and oxygen atoms in total. The third-order valence-corrected chi connectivity index (χ3v) is 5.18. The summed E-state index contributed by atoms with van der Waals surface area (Å²) in [5, 5.41) is 16.5. The van der Waals surface area contributed by atoms with Crippen molar-refractivity contribution in [3.8, 4) is 5.75 Å². The molecule has 0 radical (unpaired) electrons. The molecular formula is C19H24N6O3. The number of H-pyrrole nitrogens is 1. The molecule has 1 aliphatic heterocycles. The number of hydrogen-bond donors (Lipinski definition) is 2. The number of hydrogen-bond acceptors (Lipinski definition) is 6. The Kier molecular flexibility index (Phi) is 5.23. The van der Waals surface area contributed by atoms with Gasteiger partial charge >= 0.3 is 0 Å². The van der Waals surface area contributed by atoms with Gasteiger partial charge in [0.25, 0.3) is 5.91 Å². The summed E-state index contributed by atoms with van der Waals surface area (Å²) in [5.41, 5.74) is 0.509. The lowest BCUT2D eigenvalue weighted by atomic mass is 10.1. The third-order valence-electron chi connectivity index (χ3n) is 5.18. The summed E-state index contributed by atoms with van der Waals surface area (Å²) < 4.78 is 6.07. The molecule has 0 unspecified atom stereocenters. The quantitative estimate of drug-likeness (QED) is 0.780. The Morgan fingerprint density at radius 3 is 2.71 bits per heavy atom. The Balaban J connectivity index is 1.31. The van der Waals surface area contributed by atoms with E-state index in [0.717, 1.165) is 38.8 Å². The smallest absolute Gasteiger partial charge is 0.251 e. The molecule has 4 rings (SSSR count). The molecule has 9 heteroatoms. The van der Waals surface area contributed by atoms with Crippen molar-refractivity contribution >= 4 is 11.8 Å². The molecule has 2 amide bonds. The number of aromatic nitrogens is 4. The van der Waals surface area contributed by atoms with E-state index in [1.54, 1.807) is 25.1 Å². The number of benzene rings is 1. The molecule has 1 saturated heterocycles. The van der Waals surface area contributed by atoms with Crippen molar-refractivity contribution in [3.63, 3.8) is 0 Å². The molecule has 2 N–H and O–H groups in total. The van der Waals surface area contributed by atoms with Gasteiger partial charge in [-0.3, -0.25) is 9.59 Å². The number of piperidine rings is 1.